The second-order valence-electron chi connectivity index (χ2n) is 1.16. The number of hydrogen-bond acceptors (Lipinski definition) is 2. The number of carbonyl (C=O) groups excluding carboxylic acids is 1. The maximum Gasteiger partial charge on any atom is 1.00 e. The van der Waals surface area contributed by atoms with Crippen LogP contribution in [0.2, 0.25) is 0 Å². The van der Waals surface area contributed by atoms with Crippen molar-refractivity contribution in [3.05, 3.63) is 0 Å². The average molecular weight is 189 g/mol. The zero-order chi connectivity index (χ0) is 5.70. The molecule has 0 N–H and O–H groups in total. The molecule has 0 aliphatic rings. The standard InChI is InChI=1S/C4H7BrO2.Na/c5-3-1-2-4(6)7;/h1-3H2,(H,6,7);/q;+1/p-1. The summed E-state index contributed by atoms with van der Waals surface area (Å²) in [5.41, 5.74) is 0. The predicted octanol–water partition coefficient (Wildman–Crippen LogP) is -3.08. The maximum atomic E-state index is 9.63. The molecule has 0 unspecified atom stereocenters. The van der Waals surface area contributed by atoms with Gasteiger partial charge in [-0.1, -0.05) is 15.9 Å². The van der Waals surface area contributed by atoms with Crippen molar-refractivity contribution in [2.45, 2.75) is 12.8 Å². The molecule has 0 aliphatic carbocycles. The molecular weight excluding hydrogens is 183 g/mol. The Kier molecular flexibility index (Phi) is 11.6. The largest absolute Gasteiger partial charge is 1.00 e. The Balaban J connectivity index is 0. The quantitative estimate of drug-likeness (QED) is 0.349. The Morgan fingerprint density at radius 3 is 2.25 bits per heavy atom. The van der Waals surface area contributed by atoms with Crippen molar-refractivity contribution in [3.8, 4) is 0 Å². The molecular formula is C4H6BrNaO2. The fourth-order valence-electron chi connectivity index (χ4n) is 0.211. The molecule has 0 saturated carbocycles. The van der Waals surface area contributed by atoms with Crippen molar-refractivity contribution >= 4 is 21.9 Å². The molecule has 0 heterocycles. The third-order valence-corrected chi connectivity index (χ3v) is 1.08. The first-order valence-electron chi connectivity index (χ1n) is 2.03. The summed E-state index contributed by atoms with van der Waals surface area (Å²) in [5, 5.41) is 10.4. The molecule has 0 atom stereocenters. The molecule has 0 aromatic heterocycles. The number of carbonyl (C=O) groups is 1. The first kappa shape index (κ1) is 11.7. The van der Waals surface area contributed by atoms with Gasteiger partial charge in [-0.05, 0) is 12.8 Å². The summed E-state index contributed by atoms with van der Waals surface area (Å²) in [6.45, 7) is 0. The molecule has 0 bridgehead atoms. The topological polar surface area (TPSA) is 40.1 Å². The summed E-state index contributed by atoms with van der Waals surface area (Å²) in [5.74, 6) is -0.973. The zero-order valence-corrected chi connectivity index (χ0v) is 8.40. The number of alkyl halides is 1. The van der Waals surface area contributed by atoms with E-state index in [-0.39, 0.29) is 36.0 Å². The molecule has 0 aromatic rings. The summed E-state index contributed by atoms with van der Waals surface area (Å²) in [7, 11) is 0. The van der Waals surface area contributed by atoms with Gasteiger partial charge in [0.05, 0.1) is 0 Å². The molecule has 0 amide bonds. The number of carboxylic acids is 1. The number of halogens is 1. The van der Waals surface area contributed by atoms with Crippen molar-refractivity contribution in [2.75, 3.05) is 5.33 Å². The van der Waals surface area contributed by atoms with Crippen LogP contribution in [0.1, 0.15) is 12.8 Å². The number of hydrogen-bond donors (Lipinski definition) is 0. The summed E-state index contributed by atoms with van der Waals surface area (Å²) in [6.07, 6.45) is 0.813. The van der Waals surface area contributed by atoms with Gasteiger partial charge in [-0.15, -0.1) is 0 Å². The van der Waals surface area contributed by atoms with Crippen LogP contribution in [-0.4, -0.2) is 11.3 Å². The smallest absolute Gasteiger partial charge is 0.550 e. The van der Waals surface area contributed by atoms with Gasteiger partial charge in [0.15, 0.2) is 0 Å². The Morgan fingerprint density at radius 2 is 2.12 bits per heavy atom. The maximum absolute atomic E-state index is 9.63. The summed E-state index contributed by atoms with van der Waals surface area (Å²) < 4.78 is 0. The first-order chi connectivity index (χ1) is 3.27. The Bertz CT molecular complexity index is 67.1. The molecule has 2 nitrogen and oxygen atoms in total. The van der Waals surface area contributed by atoms with E-state index in [1.54, 1.807) is 0 Å². The van der Waals surface area contributed by atoms with Gasteiger partial charge < -0.3 is 9.90 Å². The monoisotopic (exact) mass is 188 g/mol. The van der Waals surface area contributed by atoms with E-state index in [4.69, 9.17) is 0 Å². The van der Waals surface area contributed by atoms with Crippen LogP contribution in [-0.2, 0) is 4.79 Å². The average Bonchev–Trinajstić information content (AvgIpc) is 1.61. The van der Waals surface area contributed by atoms with E-state index >= 15 is 0 Å². The third-order valence-electron chi connectivity index (χ3n) is 0.515. The molecule has 0 saturated heterocycles. The molecule has 0 aromatic carbocycles. The molecule has 0 aliphatic heterocycles. The van der Waals surface area contributed by atoms with E-state index in [0.29, 0.717) is 6.42 Å². The molecule has 0 radical (unpaired) electrons. The van der Waals surface area contributed by atoms with Gasteiger partial charge in [-0.3, -0.25) is 0 Å². The van der Waals surface area contributed by atoms with Crippen molar-refractivity contribution in [3.63, 3.8) is 0 Å². The normalized spacial score (nSPS) is 7.62. The molecule has 0 fully saturated rings. The van der Waals surface area contributed by atoms with Crippen LogP contribution in [0.15, 0.2) is 0 Å². The van der Waals surface area contributed by atoms with Crippen LogP contribution in [0, 0.1) is 0 Å². The molecule has 0 rings (SSSR count). The van der Waals surface area contributed by atoms with Gasteiger partial charge in [0.25, 0.3) is 0 Å². The van der Waals surface area contributed by atoms with E-state index in [0.717, 1.165) is 5.33 Å². The van der Waals surface area contributed by atoms with Crippen LogP contribution in [0.5, 0.6) is 0 Å². The van der Waals surface area contributed by atoms with Crippen molar-refractivity contribution in [2.24, 2.45) is 0 Å². The number of rotatable bonds is 3. The second kappa shape index (κ2) is 7.95. The summed E-state index contributed by atoms with van der Waals surface area (Å²) in [4.78, 5) is 9.63. The minimum Gasteiger partial charge on any atom is -0.550 e. The van der Waals surface area contributed by atoms with Crippen LogP contribution in [0.25, 0.3) is 0 Å². The predicted molar refractivity (Wildman–Crippen MR) is 28.0 cm³/mol. The van der Waals surface area contributed by atoms with E-state index in [1.165, 1.54) is 0 Å². The van der Waals surface area contributed by atoms with E-state index in [2.05, 4.69) is 15.9 Å². The third kappa shape index (κ3) is 10.0. The van der Waals surface area contributed by atoms with Gasteiger partial charge in [-0.2, -0.15) is 0 Å². The Labute approximate surface area is 79.1 Å². The molecule has 0 spiro atoms. The van der Waals surface area contributed by atoms with Crippen LogP contribution in [0.4, 0.5) is 0 Å². The molecule has 4 heteroatoms. The van der Waals surface area contributed by atoms with E-state index < -0.39 is 5.97 Å². The molecule has 42 valence electrons. The van der Waals surface area contributed by atoms with Crippen molar-refractivity contribution < 1.29 is 39.5 Å². The Hall–Kier alpha value is 0.950. The number of carboxylic acid groups (broad SMARTS) is 1. The van der Waals surface area contributed by atoms with Gasteiger partial charge >= 0.3 is 29.6 Å². The van der Waals surface area contributed by atoms with Crippen molar-refractivity contribution in [1.29, 1.82) is 0 Å². The first-order valence-corrected chi connectivity index (χ1v) is 3.15. The summed E-state index contributed by atoms with van der Waals surface area (Å²) >= 11 is 3.09. The van der Waals surface area contributed by atoms with Crippen molar-refractivity contribution in [1.82, 2.24) is 0 Å². The minimum absolute atomic E-state index is 0. The molecule has 8 heavy (non-hydrogen) atoms. The van der Waals surface area contributed by atoms with Gasteiger partial charge in [0.2, 0.25) is 0 Å². The van der Waals surface area contributed by atoms with Crippen LogP contribution in [0.3, 0.4) is 0 Å². The van der Waals surface area contributed by atoms with Gasteiger partial charge in [-0.25, -0.2) is 0 Å². The van der Waals surface area contributed by atoms with Gasteiger partial charge in [0, 0.05) is 11.3 Å². The van der Waals surface area contributed by atoms with Crippen LogP contribution < -0.4 is 34.7 Å². The summed E-state index contributed by atoms with van der Waals surface area (Å²) in [6, 6.07) is 0. The van der Waals surface area contributed by atoms with Gasteiger partial charge in [0.1, 0.15) is 0 Å². The van der Waals surface area contributed by atoms with E-state index in [1.807, 2.05) is 0 Å². The van der Waals surface area contributed by atoms with E-state index in [9.17, 15) is 9.90 Å². The SMILES string of the molecule is O=C([O-])CCCBr.[Na+]. The minimum atomic E-state index is -0.973. The van der Waals surface area contributed by atoms with Crippen LogP contribution >= 0.6 is 15.9 Å². The zero-order valence-electron chi connectivity index (χ0n) is 4.82. The fourth-order valence-corrected chi connectivity index (χ4v) is 0.492. The Morgan fingerprint density at radius 1 is 1.62 bits per heavy atom. The second-order valence-corrected chi connectivity index (χ2v) is 1.96. The number of aliphatic carboxylic acids is 1. The fraction of sp³-hybridized carbons (Fsp3) is 0.750.